The molecule has 2 amide bonds. The number of nitrogens with zero attached hydrogens (tertiary/aromatic N) is 2. The minimum absolute atomic E-state index is 0.119. The quantitative estimate of drug-likeness (QED) is 0.382. The number of alkyl carbamates (subject to hydrolysis) is 1. The second-order valence-electron chi connectivity index (χ2n) is 10.7. The first kappa shape index (κ1) is 28.1. The lowest BCUT2D eigenvalue weighted by Crippen LogP contribution is -2.53. The molecule has 0 aliphatic carbocycles. The number of carbonyl (C=O) groups excluding carboxylic acids is 2. The monoisotopic (exact) mass is 527 g/mol. The number of nitrogens with one attached hydrogen (secondary N) is 2. The van der Waals surface area contributed by atoms with E-state index in [0.717, 1.165) is 5.39 Å². The standard InChI is InChI=1S/C27H34ClN5O4/c1-15(36-26(2,3)4)21(33-25(35)37-27(5,6)7)23(34)30-18-10-8-9-16(13-18)22-19-14-17(28)11-12-20(19)31-24(29)32-22/h8-15,21H,1-7H3,(H,30,34)(H,33,35)(H2,29,31,32). The van der Waals surface area contributed by atoms with Gasteiger partial charge in [0.1, 0.15) is 11.6 Å². The molecule has 2 atom stereocenters. The van der Waals surface area contributed by atoms with E-state index in [-0.39, 0.29) is 5.95 Å². The van der Waals surface area contributed by atoms with Crippen molar-refractivity contribution in [1.82, 2.24) is 15.3 Å². The van der Waals surface area contributed by atoms with E-state index >= 15 is 0 Å². The summed E-state index contributed by atoms with van der Waals surface area (Å²) in [5.41, 5.74) is 7.10. The van der Waals surface area contributed by atoms with Crippen LogP contribution in [-0.2, 0) is 14.3 Å². The molecule has 3 rings (SSSR count). The van der Waals surface area contributed by atoms with Gasteiger partial charge in [0.05, 0.1) is 22.9 Å². The fourth-order valence-electron chi connectivity index (χ4n) is 3.76. The van der Waals surface area contributed by atoms with Gasteiger partial charge in [-0.05, 0) is 78.8 Å². The van der Waals surface area contributed by atoms with Crippen LogP contribution in [0.5, 0.6) is 0 Å². The van der Waals surface area contributed by atoms with Gasteiger partial charge in [-0.3, -0.25) is 4.79 Å². The zero-order valence-corrected chi connectivity index (χ0v) is 22.9. The molecule has 0 aliphatic rings. The predicted octanol–water partition coefficient (Wildman–Crippen LogP) is 5.57. The maximum atomic E-state index is 13.4. The van der Waals surface area contributed by atoms with Gasteiger partial charge in [0.25, 0.3) is 0 Å². The summed E-state index contributed by atoms with van der Waals surface area (Å²) in [4.78, 5) is 34.6. The average Bonchev–Trinajstić information content (AvgIpc) is 2.75. The van der Waals surface area contributed by atoms with Crippen molar-refractivity contribution < 1.29 is 19.1 Å². The third kappa shape index (κ3) is 8.03. The Morgan fingerprint density at radius 3 is 2.35 bits per heavy atom. The smallest absolute Gasteiger partial charge is 0.408 e. The summed E-state index contributed by atoms with van der Waals surface area (Å²) < 4.78 is 11.3. The SMILES string of the molecule is CC(OC(C)(C)C)C(NC(=O)OC(C)(C)C)C(=O)Nc1cccc(-c2nc(N)nc3ccc(Cl)cc23)c1. The summed E-state index contributed by atoms with van der Waals surface area (Å²) in [5.74, 6) is -0.344. The molecule has 37 heavy (non-hydrogen) atoms. The second-order valence-corrected chi connectivity index (χ2v) is 11.2. The Hall–Kier alpha value is -3.43. The van der Waals surface area contributed by atoms with Gasteiger partial charge in [-0.25, -0.2) is 14.8 Å². The zero-order chi connectivity index (χ0) is 27.5. The average molecular weight is 528 g/mol. The summed E-state index contributed by atoms with van der Waals surface area (Å²) in [6.45, 7) is 12.6. The molecule has 0 fully saturated rings. The third-order valence-corrected chi connectivity index (χ3v) is 5.28. The lowest BCUT2D eigenvalue weighted by molar-refractivity contribution is -0.126. The molecule has 2 aromatic carbocycles. The van der Waals surface area contributed by atoms with Crippen molar-refractivity contribution in [2.24, 2.45) is 0 Å². The fraction of sp³-hybridized carbons (Fsp3) is 0.407. The third-order valence-electron chi connectivity index (χ3n) is 5.04. The Morgan fingerprint density at radius 2 is 1.70 bits per heavy atom. The van der Waals surface area contributed by atoms with Crippen LogP contribution in [0.1, 0.15) is 48.5 Å². The second kappa shape index (κ2) is 10.9. The highest BCUT2D eigenvalue weighted by Crippen LogP contribution is 2.30. The van der Waals surface area contributed by atoms with E-state index in [9.17, 15) is 9.59 Å². The molecule has 1 heterocycles. The van der Waals surface area contributed by atoms with Crippen LogP contribution in [0.2, 0.25) is 5.02 Å². The molecule has 1 aromatic heterocycles. The lowest BCUT2D eigenvalue weighted by atomic mass is 10.1. The van der Waals surface area contributed by atoms with Gasteiger partial charge < -0.3 is 25.8 Å². The van der Waals surface area contributed by atoms with Crippen molar-refractivity contribution >= 4 is 46.1 Å². The number of rotatable bonds is 6. The van der Waals surface area contributed by atoms with Crippen molar-refractivity contribution in [3.63, 3.8) is 0 Å². The molecule has 0 radical (unpaired) electrons. The highest BCUT2D eigenvalue weighted by Gasteiger charge is 2.32. The number of benzene rings is 2. The first-order valence-electron chi connectivity index (χ1n) is 11.9. The van der Waals surface area contributed by atoms with Crippen molar-refractivity contribution in [2.75, 3.05) is 11.1 Å². The first-order valence-corrected chi connectivity index (χ1v) is 12.3. The minimum Gasteiger partial charge on any atom is -0.444 e. The maximum Gasteiger partial charge on any atom is 0.408 e. The van der Waals surface area contributed by atoms with E-state index in [1.807, 2.05) is 26.8 Å². The van der Waals surface area contributed by atoms with E-state index in [1.54, 1.807) is 64.1 Å². The Morgan fingerprint density at radius 1 is 1.00 bits per heavy atom. The van der Waals surface area contributed by atoms with E-state index in [2.05, 4.69) is 20.6 Å². The summed E-state index contributed by atoms with van der Waals surface area (Å²) in [6, 6.07) is 11.4. The van der Waals surface area contributed by atoms with Crippen molar-refractivity contribution in [1.29, 1.82) is 0 Å². The maximum absolute atomic E-state index is 13.4. The number of anilines is 2. The summed E-state index contributed by atoms with van der Waals surface area (Å²) >= 11 is 6.21. The Kier molecular flexibility index (Phi) is 8.29. The Labute approximate surface area is 222 Å². The molecule has 0 aliphatic heterocycles. The largest absolute Gasteiger partial charge is 0.444 e. The number of hydrogen-bond acceptors (Lipinski definition) is 7. The molecule has 10 heteroatoms. The van der Waals surface area contributed by atoms with Crippen LogP contribution < -0.4 is 16.4 Å². The van der Waals surface area contributed by atoms with Gasteiger partial charge in [0.2, 0.25) is 11.9 Å². The molecule has 9 nitrogen and oxygen atoms in total. The molecule has 2 unspecified atom stereocenters. The summed E-state index contributed by atoms with van der Waals surface area (Å²) in [6.07, 6.45) is -1.37. The molecule has 0 spiro atoms. The number of nitrogens with two attached hydrogens (primary N) is 1. The van der Waals surface area contributed by atoms with Crippen molar-refractivity contribution in [3.8, 4) is 11.3 Å². The minimum atomic E-state index is -1.02. The van der Waals surface area contributed by atoms with Gasteiger partial charge in [0, 0.05) is 21.7 Å². The van der Waals surface area contributed by atoms with Gasteiger partial charge >= 0.3 is 6.09 Å². The van der Waals surface area contributed by atoms with Crippen LogP contribution in [0.25, 0.3) is 22.2 Å². The van der Waals surface area contributed by atoms with E-state index in [4.69, 9.17) is 26.8 Å². The first-order chi connectivity index (χ1) is 17.1. The number of fused-ring (bicyclic) bond motifs is 1. The lowest BCUT2D eigenvalue weighted by Gasteiger charge is -2.31. The van der Waals surface area contributed by atoms with Gasteiger partial charge in [-0.15, -0.1) is 0 Å². The zero-order valence-electron chi connectivity index (χ0n) is 22.2. The summed E-state index contributed by atoms with van der Waals surface area (Å²) in [5, 5.41) is 6.78. The highest BCUT2D eigenvalue weighted by atomic mass is 35.5. The molecule has 3 aromatic rings. The number of ether oxygens (including phenoxy) is 2. The Bertz CT molecular complexity index is 1300. The molecular formula is C27H34ClN5O4. The molecule has 0 bridgehead atoms. The van der Waals surface area contributed by atoms with Crippen LogP contribution >= 0.6 is 11.6 Å². The van der Waals surface area contributed by atoms with E-state index < -0.39 is 35.3 Å². The number of carbonyl (C=O) groups is 2. The van der Waals surface area contributed by atoms with Crippen LogP contribution in [0.15, 0.2) is 42.5 Å². The van der Waals surface area contributed by atoms with Gasteiger partial charge in [-0.2, -0.15) is 0 Å². The molecular weight excluding hydrogens is 494 g/mol. The number of nitrogen functional groups attached to an aromatic ring is 1. The number of hydrogen-bond donors (Lipinski definition) is 3. The molecule has 4 N–H and O–H groups in total. The van der Waals surface area contributed by atoms with Crippen LogP contribution in [0, 0.1) is 0 Å². The van der Waals surface area contributed by atoms with Crippen molar-refractivity contribution in [3.05, 3.63) is 47.5 Å². The Balaban J connectivity index is 1.91. The fourth-order valence-corrected chi connectivity index (χ4v) is 3.93. The number of amides is 2. The highest BCUT2D eigenvalue weighted by molar-refractivity contribution is 6.31. The van der Waals surface area contributed by atoms with E-state index in [0.29, 0.717) is 27.5 Å². The summed E-state index contributed by atoms with van der Waals surface area (Å²) in [7, 11) is 0. The molecule has 0 saturated heterocycles. The van der Waals surface area contributed by atoms with Crippen LogP contribution in [0.4, 0.5) is 16.4 Å². The van der Waals surface area contributed by atoms with Gasteiger partial charge in [0.15, 0.2) is 0 Å². The van der Waals surface area contributed by atoms with E-state index in [1.165, 1.54) is 0 Å². The van der Waals surface area contributed by atoms with Crippen LogP contribution in [-0.4, -0.2) is 45.3 Å². The normalized spacial score (nSPS) is 13.6. The topological polar surface area (TPSA) is 128 Å². The molecule has 0 saturated carbocycles. The van der Waals surface area contributed by atoms with Crippen LogP contribution in [0.3, 0.4) is 0 Å². The number of aromatic nitrogens is 2. The van der Waals surface area contributed by atoms with Gasteiger partial charge in [-0.1, -0.05) is 23.7 Å². The molecule has 198 valence electrons. The van der Waals surface area contributed by atoms with Crippen molar-refractivity contribution in [2.45, 2.75) is 71.8 Å². The number of halogens is 1. The predicted molar refractivity (Wildman–Crippen MR) is 146 cm³/mol.